The van der Waals surface area contributed by atoms with Crippen LogP contribution >= 0.6 is 0 Å². The third kappa shape index (κ3) is 3.41. The molecule has 0 bridgehead atoms. The van der Waals surface area contributed by atoms with Crippen LogP contribution in [0.4, 0.5) is 0 Å². The lowest BCUT2D eigenvalue weighted by Gasteiger charge is -2.26. The number of sulfonamides is 1. The van der Waals surface area contributed by atoms with E-state index < -0.39 is 25.9 Å². The molecular formula is C16H21NO5S2. The van der Waals surface area contributed by atoms with Crippen LogP contribution in [0.2, 0.25) is 0 Å². The summed E-state index contributed by atoms with van der Waals surface area (Å²) in [5.74, 6) is 0.0492. The second kappa shape index (κ2) is 6.24. The highest BCUT2D eigenvalue weighted by Gasteiger charge is 2.38. The van der Waals surface area contributed by atoms with Gasteiger partial charge in [0, 0.05) is 24.1 Å². The molecule has 0 amide bonds. The molecule has 24 heavy (non-hydrogen) atoms. The quantitative estimate of drug-likeness (QED) is 0.707. The number of Topliss-reactive ketones (excluding diaryl/α,β-unsaturated/α-hetero) is 1. The Balaban J connectivity index is 1.84. The Bertz CT molecular complexity index is 839. The molecule has 0 aromatic heterocycles. The fourth-order valence-corrected chi connectivity index (χ4v) is 6.62. The summed E-state index contributed by atoms with van der Waals surface area (Å²) in [5.41, 5.74) is 0.531. The molecule has 0 N–H and O–H groups in total. The number of carbonyl (C=O) groups is 1. The Morgan fingerprint density at radius 1 is 1.17 bits per heavy atom. The van der Waals surface area contributed by atoms with Gasteiger partial charge in [0.25, 0.3) is 0 Å². The van der Waals surface area contributed by atoms with Crippen molar-refractivity contribution in [3.05, 3.63) is 29.8 Å². The first-order valence-electron chi connectivity index (χ1n) is 8.11. The molecule has 3 rings (SSSR count). The zero-order valence-corrected chi connectivity index (χ0v) is 15.1. The fourth-order valence-electron chi connectivity index (χ4n) is 3.13. The first kappa shape index (κ1) is 17.6. The summed E-state index contributed by atoms with van der Waals surface area (Å²) in [4.78, 5) is 12.1. The molecule has 2 aliphatic rings. The lowest BCUT2D eigenvalue weighted by Crippen LogP contribution is -2.40. The van der Waals surface area contributed by atoms with Crippen molar-refractivity contribution >= 4 is 25.6 Å². The van der Waals surface area contributed by atoms with E-state index in [1.165, 1.54) is 16.4 Å². The largest absolute Gasteiger partial charge is 0.294 e. The van der Waals surface area contributed by atoms with Gasteiger partial charge in [-0.1, -0.05) is 19.1 Å². The van der Waals surface area contributed by atoms with Gasteiger partial charge in [0.1, 0.15) is 0 Å². The highest BCUT2D eigenvalue weighted by molar-refractivity contribution is 7.92. The van der Waals surface area contributed by atoms with Crippen molar-refractivity contribution < 1.29 is 21.6 Å². The number of hydrogen-bond donors (Lipinski definition) is 0. The van der Waals surface area contributed by atoms with E-state index in [0.29, 0.717) is 12.0 Å². The summed E-state index contributed by atoms with van der Waals surface area (Å²) in [6.07, 6.45) is 2.13. The number of benzene rings is 1. The maximum atomic E-state index is 12.8. The number of ketones is 1. The maximum Gasteiger partial charge on any atom is 0.243 e. The summed E-state index contributed by atoms with van der Waals surface area (Å²) in [6, 6.07) is 5.46. The molecule has 1 aromatic carbocycles. The minimum absolute atomic E-state index is 0.0263. The molecule has 132 valence electrons. The predicted octanol–water partition coefficient (Wildman–Crippen LogP) is 1.48. The average molecular weight is 371 g/mol. The molecule has 6 nitrogen and oxygen atoms in total. The lowest BCUT2D eigenvalue weighted by molar-refractivity contribution is 0.0967. The zero-order chi connectivity index (χ0) is 17.5. The van der Waals surface area contributed by atoms with Crippen LogP contribution in [-0.4, -0.2) is 51.0 Å². The van der Waals surface area contributed by atoms with Crippen molar-refractivity contribution in [3.8, 4) is 0 Å². The van der Waals surface area contributed by atoms with Crippen molar-refractivity contribution in [1.29, 1.82) is 0 Å². The third-order valence-electron chi connectivity index (χ3n) is 4.62. The summed E-state index contributed by atoms with van der Waals surface area (Å²) in [5, 5.41) is 0. The van der Waals surface area contributed by atoms with Crippen LogP contribution in [0.1, 0.15) is 36.5 Å². The van der Waals surface area contributed by atoms with Crippen molar-refractivity contribution in [3.63, 3.8) is 0 Å². The van der Waals surface area contributed by atoms with Gasteiger partial charge in [-0.3, -0.25) is 4.79 Å². The van der Waals surface area contributed by atoms with Gasteiger partial charge in [0.2, 0.25) is 10.0 Å². The molecule has 1 saturated carbocycles. The number of carbonyl (C=O) groups excluding carboxylic acids is 1. The molecular weight excluding hydrogens is 350 g/mol. The first-order chi connectivity index (χ1) is 11.2. The van der Waals surface area contributed by atoms with Crippen LogP contribution in [0.3, 0.4) is 0 Å². The minimum atomic E-state index is -3.77. The SMILES string of the molecule is CCN(C1CCS(=O)(=O)C1)S(=O)(=O)c1ccc(C(=O)C2CC2)cc1. The summed E-state index contributed by atoms with van der Waals surface area (Å²) in [6.45, 7) is 1.92. The first-order valence-corrected chi connectivity index (χ1v) is 11.4. The highest BCUT2D eigenvalue weighted by Crippen LogP contribution is 2.33. The second-order valence-corrected chi connectivity index (χ2v) is 10.5. The molecule has 8 heteroatoms. The molecule has 1 heterocycles. The van der Waals surface area contributed by atoms with Gasteiger partial charge in [-0.05, 0) is 31.4 Å². The Morgan fingerprint density at radius 3 is 2.25 bits per heavy atom. The summed E-state index contributed by atoms with van der Waals surface area (Å²) in [7, 11) is -6.94. The number of rotatable bonds is 6. The van der Waals surface area contributed by atoms with E-state index in [0.717, 1.165) is 12.8 Å². The summed E-state index contributed by atoms with van der Waals surface area (Å²) < 4.78 is 50.2. The third-order valence-corrected chi connectivity index (χ3v) is 8.41. The van der Waals surface area contributed by atoms with E-state index >= 15 is 0 Å². The Hall–Kier alpha value is -1.25. The van der Waals surface area contributed by atoms with Gasteiger partial charge in [-0.25, -0.2) is 16.8 Å². The minimum Gasteiger partial charge on any atom is -0.294 e. The van der Waals surface area contributed by atoms with E-state index in [4.69, 9.17) is 0 Å². The van der Waals surface area contributed by atoms with Crippen LogP contribution in [0.5, 0.6) is 0 Å². The van der Waals surface area contributed by atoms with Crippen LogP contribution < -0.4 is 0 Å². The molecule has 1 aromatic rings. The van der Waals surface area contributed by atoms with Crippen LogP contribution in [0, 0.1) is 5.92 Å². The Labute approximate surface area is 142 Å². The van der Waals surface area contributed by atoms with Crippen LogP contribution in [0.25, 0.3) is 0 Å². The Morgan fingerprint density at radius 2 is 1.79 bits per heavy atom. The molecule has 1 atom stereocenters. The average Bonchev–Trinajstić information content (AvgIpc) is 3.32. The normalized spacial score (nSPS) is 23.5. The van der Waals surface area contributed by atoms with E-state index in [2.05, 4.69) is 0 Å². The van der Waals surface area contributed by atoms with Crippen LogP contribution in [0.15, 0.2) is 29.2 Å². The van der Waals surface area contributed by atoms with Gasteiger partial charge in [-0.15, -0.1) is 0 Å². The van der Waals surface area contributed by atoms with E-state index in [-0.39, 0.29) is 34.6 Å². The molecule has 2 fully saturated rings. The smallest absolute Gasteiger partial charge is 0.243 e. The van der Waals surface area contributed by atoms with Crippen molar-refractivity contribution in [2.75, 3.05) is 18.1 Å². The number of nitrogens with zero attached hydrogens (tertiary/aromatic N) is 1. The lowest BCUT2D eigenvalue weighted by atomic mass is 10.1. The second-order valence-electron chi connectivity index (χ2n) is 6.43. The fraction of sp³-hybridized carbons (Fsp3) is 0.562. The van der Waals surface area contributed by atoms with E-state index in [1.807, 2.05) is 0 Å². The molecule has 1 saturated heterocycles. The topological polar surface area (TPSA) is 88.6 Å². The number of sulfone groups is 1. The maximum absolute atomic E-state index is 12.8. The van der Waals surface area contributed by atoms with Gasteiger partial charge < -0.3 is 0 Å². The van der Waals surface area contributed by atoms with E-state index in [9.17, 15) is 21.6 Å². The highest BCUT2D eigenvalue weighted by atomic mass is 32.2. The zero-order valence-electron chi connectivity index (χ0n) is 13.5. The standard InChI is InChI=1S/C16H21NO5S2/c1-2-17(14-9-10-23(19,20)11-14)24(21,22)15-7-5-13(6-8-15)16(18)12-3-4-12/h5-8,12,14H,2-4,9-11H2,1H3. The Kier molecular flexibility index (Phi) is 4.57. The molecule has 1 unspecified atom stereocenters. The van der Waals surface area contributed by atoms with Crippen LogP contribution in [-0.2, 0) is 19.9 Å². The van der Waals surface area contributed by atoms with Gasteiger partial charge in [0.15, 0.2) is 15.6 Å². The van der Waals surface area contributed by atoms with E-state index in [1.54, 1.807) is 19.1 Å². The number of hydrogen-bond acceptors (Lipinski definition) is 5. The van der Waals surface area contributed by atoms with Gasteiger partial charge >= 0.3 is 0 Å². The van der Waals surface area contributed by atoms with Gasteiger partial charge in [-0.2, -0.15) is 4.31 Å². The van der Waals surface area contributed by atoms with Crippen molar-refractivity contribution in [1.82, 2.24) is 4.31 Å². The molecule has 1 aliphatic carbocycles. The monoisotopic (exact) mass is 371 g/mol. The van der Waals surface area contributed by atoms with Crippen molar-refractivity contribution in [2.45, 2.75) is 37.1 Å². The van der Waals surface area contributed by atoms with Crippen molar-refractivity contribution in [2.24, 2.45) is 5.92 Å². The molecule has 1 aliphatic heterocycles. The molecule has 0 spiro atoms. The molecule has 0 radical (unpaired) electrons. The van der Waals surface area contributed by atoms with Gasteiger partial charge in [0.05, 0.1) is 16.4 Å². The summed E-state index contributed by atoms with van der Waals surface area (Å²) >= 11 is 0. The predicted molar refractivity (Wildman–Crippen MR) is 90.1 cm³/mol.